The van der Waals surface area contributed by atoms with Gasteiger partial charge in [-0.3, -0.25) is 34.8 Å². The van der Waals surface area contributed by atoms with Crippen molar-refractivity contribution in [3.8, 4) is 11.5 Å². The van der Waals surface area contributed by atoms with Crippen LogP contribution in [-0.4, -0.2) is 118 Å². The van der Waals surface area contributed by atoms with Gasteiger partial charge in [0.15, 0.2) is 0 Å². The Morgan fingerprint density at radius 2 is 1.54 bits per heavy atom. The van der Waals surface area contributed by atoms with Gasteiger partial charge < -0.3 is 30.5 Å². The summed E-state index contributed by atoms with van der Waals surface area (Å²) >= 11 is 0. The van der Waals surface area contributed by atoms with Crippen LogP contribution in [0.25, 0.3) is 0 Å². The smallest absolute Gasteiger partial charge is 0.262 e. The largest absolute Gasteiger partial charge is 0.457 e. The molecule has 59 heavy (non-hydrogen) atoms. The zero-order valence-electron chi connectivity index (χ0n) is 32.8. The highest BCUT2D eigenvalue weighted by molar-refractivity contribution is 6.23. The minimum absolute atomic E-state index is 0.0980. The number of nitrogens with two attached hydrogens (primary N) is 1. The second-order valence-electron chi connectivity index (χ2n) is 16.2. The maximum absolute atomic E-state index is 13.3. The fourth-order valence-corrected chi connectivity index (χ4v) is 9.20. The Kier molecular flexibility index (Phi) is 10.5. The summed E-state index contributed by atoms with van der Waals surface area (Å²) in [6.45, 7) is 6.92. The van der Waals surface area contributed by atoms with Crippen LogP contribution in [0.4, 0.5) is 17.3 Å². The van der Waals surface area contributed by atoms with E-state index in [1.165, 1.54) is 6.33 Å². The highest BCUT2D eigenvalue weighted by atomic mass is 16.5. The van der Waals surface area contributed by atoms with E-state index in [-0.39, 0.29) is 36.3 Å². The molecule has 6 heterocycles. The van der Waals surface area contributed by atoms with Gasteiger partial charge in [0.25, 0.3) is 11.8 Å². The number of ether oxygens (including phenoxy) is 1. The zero-order valence-corrected chi connectivity index (χ0v) is 32.8. The van der Waals surface area contributed by atoms with Crippen molar-refractivity contribution in [2.75, 3.05) is 61.8 Å². The number of likely N-dealkylation sites (tertiary alicyclic amines) is 2. The van der Waals surface area contributed by atoms with Crippen LogP contribution in [0.15, 0.2) is 79.1 Å². The molecule has 4 aromatic rings. The molecule has 9 rings (SSSR count). The average Bonchev–Trinajstić information content (AvgIpc) is 3.48. The first kappa shape index (κ1) is 38.3. The molecule has 3 aromatic carbocycles. The van der Waals surface area contributed by atoms with Gasteiger partial charge >= 0.3 is 0 Å². The van der Waals surface area contributed by atoms with E-state index in [0.29, 0.717) is 45.8 Å². The van der Waals surface area contributed by atoms with Gasteiger partial charge in [0.1, 0.15) is 35.5 Å². The van der Waals surface area contributed by atoms with Gasteiger partial charge in [-0.2, -0.15) is 0 Å². The molecule has 5 aliphatic heterocycles. The summed E-state index contributed by atoms with van der Waals surface area (Å²) in [5.74, 6) is 0.870. The van der Waals surface area contributed by atoms with Gasteiger partial charge in [-0.1, -0.05) is 18.2 Å². The van der Waals surface area contributed by atoms with Crippen LogP contribution in [0.1, 0.15) is 70.4 Å². The summed E-state index contributed by atoms with van der Waals surface area (Å²) in [6.07, 6.45) is 5.91. The summed E-state index contributed by atoms with van der Waals surface area (Å²) in [7, 11) is 0. The number of piperidine rings is 3. The Labute approximate surface area is 342 Å². The van der Waals surface area contributed by atoms with Gasteiger partial charge in [-0.25, -0.2) is 9.97 Å². The Morgan fingerprint density at radius 3 is 2.27 bits per heavy atom. The summed E-state index contributed by atoms with van der Waals surface area (Å²) in [6, 6.07) is 22.1. The summed E-state index contributed by atoms with van der Waals surface area (Å²) in [5.41, 5.74) is 9.34. The predicted octanol–water partition coefficient (Wildman–Crippen LogP) is 4.15. The van der Waals surface area contributed by atoms with Crippen LogP contribution in [0, 0.1) is 11.3 Å². The third-order valence-electron chi connectivity index (χ3n) is 12.5. The van der Waals surface area contributed by atoms with Crippen molar-refractivity contribution in [2.45, 2.75) is 56.7 Å². The Hall–Kier alpha value is -6.19. The lowest BCUT2D eigenvalue weighted by atomic mass is 9.94. The topological polar surface area (TPSA) is 190 Å². The third kappa shape index (κ3) is 7.87. The highest BCUT2D eigenvalue weighted by Gasteiger charge is 2.45. The molecular weight excluding hydrogens is 749 g/mol. The minimum Gasteiger partial charge on any atom is -0.457 e. The molecule has 0 bridgehead atoms. The lowest BCUT2D eigenvalue weighted by Gasteiger charge is -2.46. The monoisotopic (exact) mass is 796 g/mol. The number of hydrogen-bond acceptors (Lipinski definition) is 13. The first-order chi connectivity index (χ1) is 28.7. The maximum Gasteiger partial charge on any atom is 0.262 e. The van der Waals surface area contributed by atoms with E-state index in [4.69, 9.17) is 15.9 Å². The number of aromatic nitrogens is 2. The van der Waals surface area contributed by atoms with Gasteiger partial charge in [-0.15, -0.1) is 0 Å². The molecule has 15 heteroatoms. The normalized spacial score (nSPS) is 21.0. The first-order valence-electron chi connectivity index (χ1n) is 20.5. The van der Waals surface area contributed by atoms with E-state index < -0.39 is 23.8 Å². The van der Waals surface area contributed by atoms with Gasteiger partial charge in [0.2, 0.25) is 11.8 Å². The molecule has 15 nitrogen and oxygen atoms in total. The second kappa shape index (κ2) is 16.2. The lowest BCUT2D eigenvalue weighted by Crippen LogP contribution is -2.54. The minimum atomic E-state index is -0.964. The highest BCUT2D eigenvalue weighted by Crippen LogP contribution is 2.34. The standard InChI is InChI=1S/C44H48N10O5/c45-39(28-6-9-33(10-7-28)59-32-4-2-1-3-5-32)38-40(46)47-26-48-41(38)49-29-14-20-52(21-15-29)30-16-18-51(19-17-30)23-27-24-53(25-27)31-8-11-34-35(22-31)44(58)54(43(34)57)36-12-13-37(55)50-42(36)56/h1-11,22,26-27,29-30,36,45H,12-21,23-25H2,(H,50,55,56)(H3,46,47,48,49). The fraction of sp³-hybridized carbons (Fsp3) is 0.386. The summed E-state index contributed by atoms with van der Waals surface area (Å²) < 4.78 is 5.93. The number of carbonyl (C=O) groups is 4. The molecule has 1 aromatic heterocycles. The number of fused-ring (bicyclic) bond motifs is 1. The number of nitrogens with zero attached hydrogens (tertiary/aromatic N) is 6. The molecule has 0 spiro atoms. The van der Waals surface area contributed by atoms with Crippen molar-refractivity contribution in [3.63, 3.8) is 0 Å². The number of hydrogen-bond donors (Lipinski definition) is 4. The van der Waals surface area contributed by atoms with E-state index >= 15 is 0 Å². The molecule has 1 unspecified atom stereocenters. The van der Waals surface area contributed by atoms with Gasteiger partial charge in [-0.05, 0) is 99.8 Å². The first-order valence-corrected chi connectivity index (χ1v) is 20.5. The van der Waals surface area contributed by atoms with Crippen molar-refractivity contribution < 1.29 is 23.9 Å². The molecule has 0 radical (unpaired) electrons. The molecule has 4 amide bonds. The van der Waals surface area contributed by atoms with Crippen molar-refractivity contribution in [3.05, 3.63) is 101 Å². The maximum atomic E-state index is 13.3. The van der Waals surface area contributed by atoms with E-state index in [9.17, 15) is 19.2 Å². The number of nitrogens with one attached hydrogen (secondary N) is 3. The fourth-order valence-electron chi connectivity index (χ4n) is 9.20. The number of nitrogen functional groups attached to an aromatic ring is 1. The van der Waals surface area contributed by atoms with Crippen molar-refractivity contribution in [1.29, 1.82) is 5.41 Å². The van der Waals surface area contributed by atoms with Crippen LogP contribution in [0.3, 0.4) is 0 Å². The predicted molar refractivity (Wildman–Crippen MR) is 222 cm³/mol. The Balaban J connectivity index is 0.721. The number of amides is 4. The molecule has 4 fully saturated rings. The van der Waals surface area contributed by atoms with Gasteiger partial charge in [0.05, 0.1) is 22.4 Å². The molecule has 1 atom stereocenters. The van der Waals surface area contributed by atoms with Crippen LogP contribution in [0.5, 0.6) is 11.5 Å². The number of carbonyl (C=O) groups excluding carboxylic acids is 4. The molecule has 0 saturated carbocycles. The van der Waals surface area contributed by atoms with Crippen LogP contribution in [0.2, 0.25) is 0 Å². The zero-order chi connectivity index (χ0) is 40.6. The van der Waals surface area contributed by atoms with Crippen LogP contribution < -0.4 is 26.0 Å². The molecule has 5 N–H and O–H groups in total. The number of benzene rings is 3. The molecule has 304 valence electrons. The quantitative estimate of drug-likeness (QED) is 0.126. The van der Waals surface area contributed by atoms with E-state index in [0.717, 1.165) is 87.8 Å². The van der Waals surface area contributed by atoms with Gasteiger partial charge in [0, 0.05) is 68.4 Å². The lowest BCUT2D eigenvalue weighted by molar-refractivity contribution is -0.136. The average molecular weight is 797 g/mol. The number of para-hydroxylation sites is 1. The second-order valence-corrected chi connectivity index (χ2v) is 16.2. The number of rotatable bonds is 11. The van der Waals surface area contributed by atoms with Crippen molar-refractivity contribution >= 4 is 46.7 Å². The molecule has 0 aliphatic carbocycles. The Morgan fingerprint density at radius 1 is 0.831 bits per heavy atom. The van der Waals surface area contributed by atoms with Crippen LogP contribution >= 0.6 is 0 Å². The third-order valence-corrected chi connectivity index (χ3v) is 12.5. The van der Waals surface area contributed by atoms with E-state index in [1.54, 1.807) is 12.1 Å². The summed E-state index contributed by atoms with van der Waals surface area (Å²) in [5, 5.41) is 14.9. The number of imide groups is 2. The van der Waals surface area contributed by atoms with E-state index in [1.807, 2.05) is 60.7 Å². The number of anilines is 3. The molecular formula is C44H48N10O5. The van der Waals surface area contributed by atoms with E-state index in [2.05, 4.69) is 35.3 Å². The summed E-state index contributed by atoms with van der Waals surface area (Å²) in [4.78, 5) is 67.7. The van der Waals surface area contributed by atoms with Crippen molar-refractivity contribution in [1.82, 2.24) is 30.0 Å². The van der Waals surface area contributed by atoms with Crippen LogP contribution in [-0.2, 0) is 9.59 Å². The van der Waals surface area contributed by atoms with Crippen molar-refractivity contribution in [2.24, 2.45) is 5.92 Å². The molecule has 4 saturated heterocycles. The Bertz CT molecular complexity index is 2270. The molecule has 5 aliphatic rings. The SMILES string of the molecule is N=C(c1ccc(Oc2ccccc2)cc1)c1c(N)ncnc1NC1CCN(C2CCN(CC3CN(c4ccc5c(c4)C(=O)N(C4CCC(=O)NC4=O)C5=O)C3)CC2)CC1.